The molecule has 0 amide bonds. The van der Waals surface area contributed by atoms with Gasteiger partial charge in [-0.05, 0) is 36.2 Å². The Morgan fingerprint density at radius 1 is 1.08 bits per heavy atom. The molecule has 0 aromatic heterocycles. The summed E-state index contributed by atoms with van der Waals surface area (Å²) in [5.74, 6) is 0.190. The predicted molar refractivity (Wildman–Crippen MR) is 94.9 cm³/mol. The SMILES string of the molecule is O=S(=O)(c1ccc(F)cc1)N1CCCN=C1SCc1ccccc1. The van der Waals surface area contributed by atoms with E-state index in [1.54, 1.807) is 0 Å². The van der Waals surface area contributed by atoms with Crippen molar-refractivity contribution in [2.75, 3.05) is 13.1 Å². The maximum atomic E-state index is 13.1. The van der Waals surface area contributed by atoms with Crippen molar-refractivity contribution in [3.05, 3.63) is 66.0 Å². The Bertz CT molecular complexity index is 821. The maximum Gasteiger partial charge on any atom is 0.265 e. The van der Waals surface area contributed by atoms with Gasteiger partial charge in [-0.15, -0.1) is 0 Å². The number of rotatable bonds is 4. The van der Waals surface area contributed by atoms with E-state index in [1.807, 2.05) is 30.3 Å². The van der Waals surface area contributed by atoms with Crippen molar-refractivity contribution in [2.45, 2.75) is 17.1 Å². The average Bonchev–Trinajstić information content (AvgIpc) is 2.61. The van der Waals surface area contributed by atoms with E-state index in [0.29, 0.717) is 30.4 Å². The molecular formula is C17H17FN2O2S2. The fraction of sp³-hybridized carbons (Fsp3) is 0.235. The number of hydrogen-bond donors (Lipinski definition) is 0. The Hall–Kier alpha value is -1.86. The molecule has 1 heterocycles. The Balaban J connectivity index is 1.81. The molecule has 4 nitrogen and oxygen atoms in total. The minimum atomic E-state index is -3.72. The monoisotopic (exact) mass is 364 g/mol. The summed E-state index contributed by atoms with van der Waals surface area (Å²) in [5, 5.41) is 0.495. The van der Waals surface area contributed by atoms with Crippen molar-refractivity contribution >= 4 is 27.0 Å². The molecule has 0 atom stereocenters. The average molecular weight is 364 g/mol. The van der Waals surface area contributed by atoms with Crippen LogP contribution in [0.1, 0.15) is 12.0 Å². The number of amidine groups is 1. The summed E-state index contributed by atoms with van der Waals surface area (Å²) < 4.78 is 40.1. The van der Waals surface area contributed by atoms with Gasteiger partial charge in [0.15, 0.2) is 5.17 Å². The van der Waals surface area contributed by atoms with E-state index in [2.05, 4.69) is 4.99 Å². The largest absolute Gasteiger partial charge is 0.265 e. The molecule has 2 aromatic carbocycles. The molecule has 3 rings (SSSR count). The van der Waals surface area contributed by atoms with Crippen LogP contribution in [0, 0.1) is 5.82 Å². The minimum absolute atomic E-state index is 0.0822. The topological polar surface area (TPSA) is 49.7 Å². The zero-order valence-electron chi connectivity index (χ0n) is 12.9. The lowest BCUT2D eigenvalue weighted by Gasteiger charge is -2.28. The third-order valence-corrected chi connectivity index (χ3v) is 6.60. The Labute approximate surface area is 145 Å². The first kappa shape index (κ1) is 17.0. The van der Waals surface area contributed by atoms with Crippen LogP contribution in [-0.4, -0.2) is 31.0 Å². The van der Waals surface area contributed by atoms with E-state index >= 15 is 0 Å². The molecule has 2 aromatic rings. The number of sulfonamides is 1. The van der Waals surface area contributed by atoms with E-state index in [-0.39, 0.29) is 4.90 Å². The van der Waals surface area contributed by atoms with Gasteiger partial charge in [-0.2, -0.15) is 0 Å². The van der Waals surface area contributed by atoms with Crippen LogP contribution in [0.15, 0.2) is 64.5 Å². The van der Waals surface area contributed by atoms with E-state index < -0.39 is 15.8 Å². The van der Waals surface area contributed by atoms with Gasteiger partial charge in [-0.1, -0.05) is 42.1 Å². The number of thioether (sulfide) groups is 1. The Morgan fingerprint density at radius 2 is 1.79 bits per heavy atom. The second-order valence-corrected chi connectivity index (χ2v) is 8.13. The van der Waals surface area contributed by atoms with Crippen molar-refractivity contribution in [2.24, 2.45) is 4.99 Å². The molecule has 7 heteroatoms. The summed E-state index contributed by atoms with van der Waals surface area (Å²) in [6.07, 6.45) is 0.676. The van der Waals surface area contributed by atoms with Gasteiger partial charge >= 0.3 is 0 Å². The summed E-state index contributed by atoms with van der Waals surface area (Å²) in [6.45, 7) is 1.01. The lowest BCUT2D eigenvalue weighted by Crippen LogP contribution is -2.39. The lowest BCUT2D eigenvalue weighted by molar-refractivity contribution is 0.505. The third-order valence-electron chi connectivity index (χ3n) is 3.59. The van der Waals surface area contributed by atoms with Crippen molar-refractivity contribution < 1.29 is 12.8 Å². The number of nitrogens with zero attached hydrogens (tertiary/aromatic N) is 2. The molecular weight excluding hydrogens is 347 g/mol. The standard InChI is InChI=1S/C17H17FN2O2S2/c18-15-7-9-16(10-8-15)24(21,22)20-12-4-11-19-17(20)23-13-14-5-2-1-3-6-14/h1-3,5-10H,4,11-13H2. The van der Waals surface area contributed by atoms with Crippen LogP contribution in [0.5, 0.6) is 0 Å². The minimum Gasteiger partial charge on any atom is -0.262 e. The van der Waals surface area contributed by atoms with Crippen LogP contribution in [-0.2, 0) is 15.8 Å². The van der Waals surface area contributed by atoms with Gasteiger partial charge in [0, 0.05) is 18.8 Å². The van der Waals surface area contributed by atoms with Gasteiger partial charge in [0.25, 0.3) is 10.0 Å². The molecule has 0 fully saturated rings. The predicted octanol–water partition coefficient (Wildman–Crippen LogP) is 3.51. The van der Waals surface area contributed by atoms with E-state index in [1.165, 1.54) is 28.2 Å². The molecule has 0 unspecified atom stereocenters. The first-order valence-electron chi connectivity index (χ1n) is 7.57. The second-order valence-electron chi connectivity index (χ2n) is 5.32. The van der Waals surface area contributed by atoms with E-state index in [9.17, 15) is 12.8 Å². The third kappa shape index (κ3) is 3.79. The number of benzene rings is 2. The van der Waals surface area contributed by atoms with Gasteiger partial charge in [-0.3, -0.25) is 4.99 Å². The molecule has 1 aliphatic rings. The summed E-state index contributed by atoms with van der Waals surface area (Å²) in [7, 11) is -3.72. The van der Waals surface area contributed by atoms with Crippen molar-refractivity contribution in [1.82, 2.24) is 4.31 Å². The van der Waals surface area contributed by atoms with Crippen molar-refractivity contribution in [3.8, 4) is 0 Å². The molecule has 0 radical (unpaired) electrons. The highest BCUT2D eigenvalue weighted by Gasteiger charge is 2.29. The quantitative estimate of drug-likeness (QED) is 0.834. The first-order valence-corrected chi connectivity index (χ1v) is 9.99. The van der Waals surface area contributed by atoms with E-state index in [4.69, 9.17) is 0 Å². The molecule has 1 aliphatic heterocycles. The van der Waals surface area contributed by atoms with E-state index in [0.717, 1.165) is 17.7 Å². The molecule has 126 valence electrons. The van der Waals surface area contributed by atoms with Crippen LogP contribution >= 0.6 is 11.8 Å². The first-order chi connectivity index (χ1) is 11.6. The molecule has 24 heavy (non-hydrogen) atoms. The zero-order valence-corrected chi connectivity index (χ0v) is 14.6. The van der Waals surface area contributed by atoms with Gasteiger partial charge in [-0.25, -0.2) is 17.1 Å². The van der Waals surface area contributed by atoms with Gasteiger partial charge in [0.1, 0.15) is 5.82 Å². The zero-order chi connectivity index (χ0) is 17.0. The molecule has 0 saturated heterocycles. The highest BCUT2D eigenvalue weighted by atomic mass is 32.2. The summed E-state index contributed by atoms with van der Waals surface area (Å²) >= 11 is 1.41. The number of halogens is 1. The summed E-state index contributed by atoms with van der Waals surface area (Å²) in [4.78, 5) is 4.47. The molecule has 0 N–H and O–H groups in total. The Morgan fingerprint density at radius 3 is 2.50 bits per heavy atom. The van der Waals surface area contributed by atoms with Crippen LogP contribution in [0.2, 0.25) is 0 Å². The van der Waals surface area contributed by atoms with Crippen molar-refractivity contribution in [1.29, 1.82) is 0 Å². The number of hydrogen-bond acceptors (Lipinski definition) is 4. The fourth-order valence-electron chi connectivity index (χ4n) is 2.36. The molecule has 0 saturated carbocycles. The van der Waals surface area contributed by atoms with Gasteiger partial charge in [0.05, 0.1) is 4.90 Å². The second kappa shape index (κ2) is 7.36. The number of aliphatic imine (C=N–C) groups is 1. The molecule has 0 bridgehead atoms. The van der Waals surface area contributed by atoms with Crippen LogP contribution in [0.3, 0.4) is 0 Å². The highest BCUT2D eigenvalue weighted by molar-refractivity contribution is 8.14. The highest BCUT2D eigenvalue weighted by Crippen LogP contribution is 2.25. The summed E-state index contributed by atoms with van der Waals surface area (Å²) in [5.41, 5.74) is 1.11. The van der Waals surface area contributed by atoms with Crippen LogP contribution in [0.4, 0.5) is 4.39 Å². The van der Waals surface area contributed by atoms with Crippen molar-refractivity contribution in [3.63, 3.8) is 0 Å². The maximum absolute atomic E-state index is 13.1. The molecule has 0 spiro atoms. The normalized spacial score (nSPS) is 15.2. The van der Waals surface area contributed by atoms with Crippen LogP contribution < -0.4 is 0 Å². The molecule has 0 aliphatic carbocycles. The van der Waals surface area contributed by atoms with Gasteiger partial charge in [0.2, 0.25) is 0 Å². The van der Waals surface area contributed by atoms with Gasteiger partial charge < -0.3 is 0 Å². The van der Waals surface area contributed by atoms with Crippen LogP contribution in [0.25, 0.3) is 0 Å². The summed E-state index contributed by atoms with van der Waals surface area (Å²) in [6, 6.07) is 14.7. The Kier molecular flexibility index (Phi) is 5.20. The fourth-order valence-corrected chi connectivity index (χ4v) is 5.09. The smallest absolute Gasteiger partial charge is 0.262 e. The lowest BCUT2D eigenvalue weighted by atomic mass is 10.2.